The van der Waals surface area contributed by atoms with Crippen LogP contribution in [0.4, 0.5) is 0 Å². The minimum atomic E-state index is -0.217. The molecule has 136 valence electrons. The van der Waals surface area contributed by atoms with Crippen LogP contribution in [0.15, 0.2) is 24.3 Å². The highest BCUT2D eigenvalue weighted by molar-refractivity contribution is 5.28. The molecule has 1 aromatic carbocycles. The van der Waals surface area contributed by atoms with Crippen LogP contribution in [-0.4, -0.2) is 19.8 Å². The van der Waals surface area contributed by atoms with Gasteiger partial charge in [0.05, 0.1) is 19.8 Å². The molecule has 0 atom stereocenters. The van der Waals surface area contributed by atoms with Crippen LogP contribution in [0.25, 0.3) is 0 Å². The van der Waals surface area contributed by atoms with Gasteiger partial charge >= 0.3 is 0 Å². The number of unbranched alkanes of at least 4 members (excludes halogenated alkanes) is 5. The van der Waals surface area contributed by atoms with Crippen LogP contribution < -0.4 is 4.74 Å². The van der Waals surface area contributed by atoms with Crippen molar-refractivity contribution in [3.63, 3.8) is 0 Å². The Kier molecular flexibility index (Phi) is 9.22. The van der Waals surface area contributed by atoms with Crippen LogP contribution in [0, 0.1) is 5.92 Å². The molecule has 1 aliphatic heterocycles. The summed E-state index contributed by atoms with van der Waals surface area (Å²) < 4.78 is 17.6. The van der Waals surface area contributed by atoms with Gasteiger partial charge in [-0.25, -0.2) is 0 Å². The molecule has 1 aliphatic rings. The third kappa shape index (κ3) is 6.82. The van der Waals surface area contributed by atoms with Crippen LogP contribution in [0.1, 0.15) is 77.1 Å². The van der Waals surface area contributed by atoms with Crippen molar-refractivity contribution in [3.8, 4) is 5.75 Å². The van der Waals surface area contributed by atoms with Gasteiger partial charge in [0.25, 0.3) is 0 Å². The number of hydrogen-bond donors (Lipinski definition) is 0. The zero-order valence-electron chi connectivity index (χ0n) is 15.5. The molecule has 0 spiro atoms. The fourth-order valence-corrected chi connectivity index (χ4v) is 3.01. The maximum Gasteiger partial charge on any atom is 0.183 e. The van der Waals surface area contributed by atoms with Crippen molar-refractivity contribution in [1.82, 2.24) is 0 Å². The first kappa shape index (κ1) is 19.3. The highest BCUT2D eigenvalue weighted by Crippen LogP contribution is 2.28. The summed E-state index contributed by atoms with van der Waals surface area (Å²) in [5.41, 5.74) is 1.08. The molecular formula is C21H34O3. The van der Waals surface area contributed by atoms with E-state index in [9.17, 15) is 0 Å². The molecule has 3 nitrogen and oxygen atoms in total. The van der Waals surface area contributed by atoms with E-state index in [1.165, 1.54) is 44.9 Å². The van der Waals surface area contributed by atoms with Crippen molar-refractivity contribution in [2.75, 3.05) is 19.8 Å². The second kappa shape index (κ2) is 11.5. The second-order valence-electron chi connectivity index (χ2n) is 6.84. The highest BCUT2D eigenvalue weighted by atomic mass is 16.7. The Bertz CT molecular complexity index is 421. The van der Waals surface area contributed by atoms with Crippen molar-refractivity contribution < 1.29 is 14.2 Å². The van der Waals surface area contributed by atoms with E-state index in [0.717, 1.165) is 37.6 Å². The number of rotatable bonds is 11. The van der Waals surface area contributed by atoms with Crippen LogP contribution in [0.3, 0.4) is 0 Å². The SMILES string of the molecule is CCCCCCCOc1ccc(C2OCC(CCCC)CO2)cc1. The third-order valence-electron chi connectivity index (χ3n) is 4.60. The molecule has 0 radical (unpaired) electrons. The van der Waals surface area contributed by atoms with Crippen LogP contribution >= 0.6 is 0 Å². The largest absolute Gasteiger partial charge is 0.494 e. The Labute approximate surface area is 147 Å². The molecule has 0 saturated carbocycles. The van der Waals surface area contributed by atoms with E-state index in [-0.39, 0.29) is 6.29 Å². The van der Waals surface area contributed by atoms with Gasteiger partial charge in [0.1, 0.15) is 5.75 Å². The molecule has 1 aromatic rings. The van der Waals surface area contributed by atoms with Crippen molar-refractivity contribution in [1.29, 1.82) is 0 Å². The topological polar surface area (TPSA) is 27.7 Å². The fraction of sp³-hybridized carbons (Fsp3) is 0.714. The smallest absolute Gasteiger partial charge is 0.183 e. The van der Waals surface area contributed by atoms with E-state index >= 15 is 0 Å². The van der Waals surface area contributed by atoms with Crippen molar-refractivity contribution in [3.05, 3.63) is 29.8 Å². The zero-order valence-corrected chi connectivity index (χ0v) is 15.5. The molecule has 1 heterocycles. The summed E-state index contributed by atoms with van der Waals surface area (Å²) in [5.74, 6) is 1.49. The van der Waals surface area contributed by atoms with Gasteiger partial charge in [0, 0.05) is 11.5 Å². The van der Waals surface area contributed by atoms with Crippen LogP contribution in [0.2, 0.25) is 0 Å². The van der Waals surface area contributed by atoms with Gasteiger partial charge < -0.3 is 14.2 Å². The Morgan fingerprint density at radius 3 is 2.21 bits per heavy atom. The monoisotopic (exact) mass is 334 g/mol. The number of benzene rings is 1. The minimum absolute atomic E-state index is 0.217. The molecule has 0 aliphatic carbocycles. The molecule has 1 saturated heterocycles. The summed E-state index contributed by atoms with van der Waals surface area (Å²) in [4.78, 5) is 0. The standard InChI is InChI=1S/C21H34O3/c1-3-5-7-8-9-15-22-20-13-11-19(12-14-20)21-23-16-18(17-24-21)10-6-4-2/h11-14,18,21H,3-10,15-17H2,1-2H3. The van der Waals surface area contributed by atoms with E-state index in [1.54, 1.807) is 0 Å². The second-order valence-corrected chi connectivity index (χ2v) is 6.84. The van der Waals surface area contributed by atoms with Crippen LogP contribution in [0.5, 0.6) is 5.75 Å². The van der Waals surface area contributed by atoms with E-state index in [0.29, 0.717) is 5.92 Å². The summed E-state index contributed by atoms with van der Waals surface area (Å²) in [6, 6.07) is 8.17. The molecule has 1 fully saturated rings. The van der Waals surface area contributed by atoms with Crippen molar-refractivity contribution >= 4 is 0 Å². The fourth-order valence-electron chi connectivity index (χ4n) is 3.01. The predicted octanol–water partition coefficient (Wildman–Crippen LogP) is 5.89. The van der Waals surface area contributed by atoms with Gasteiger partial charge in [-0.05, 0) is 25.0 Å². The normalized spacial score (nSPS) is 20.9. The van der Waals surface area contributed by atoms with Gasteiger partial charge in [-0.1, -0.05) is 64.5 Å². The van der Waals surface area contributed by atoms with Gasteiger partial charge in [-0.15, -0.1) is 0 Å². The Morgan fingerprint density at radius 2 is 1.54 bits per heavy atom. The first-order valence-electron chi connectivity index (χ1n) is 9.79. The lowest BCUT2D eigenvalue weighted by atomic mass is 10.0. The average Bonchev–Trinajstić information content (AvgIpc) is 2.64. The zero-order chi connectivity index (χ0) is 17.0. The lowest BCUT2D eigenvalue weighted by Gasteiger charge is -2.29. The number of ether oxygens (including phenoxy) is 3. The number of hydrogen-bond acceptors (Lipinski definition) is 3. The van der Waals surface area contributed by atoms with Crippen molar-refractivity contribution in [2.24, 2.45) is 5.92 Å². The van der Waals surface area contributed by atoms with Gasteiger partial charge in [0.2, 0.25) is 0 Å². The maximum absolute atomic E-state index is 5.89. The Hall–Kier alpha value is -1.06. The van der Waals surface area contributed by atoms with E-state index < -0.39 is 0 Å². The molecule has 0 unspecified atom stereocenters. The third-order valence-corrected chi connectivity index (χ3v) is 4.60. The Balaban J connectivity index is 1.67. The summed E-state index contributed by atoms with van der Waals surface area (Å²) >= 11 is 0. The first-order valence-corrected chi connectivity index (χ1v) is 9.79. The van der Waals surface area contributed by atoms with Gasteiger partial charge in [-0.2, -0.15) is 0 Å². The Morgan fingerprint density at radius 1 is 0.875 bits per heavy atom. The predicted molar refractivity (Wildman–Crippen MR) is 98.4 cm³/mol. The van der Waals surface area contributed by atoms with Crippen molar-refractivity contribution in [2.45, 2.75) is 71.5 Å². The molecule has 0 bridgehead atoms. The van der Waals surface area contributed by atoms with Gasteiger partial charge in [-0.3, -0.25) is 0 Å². The lowest BCUT2D eigenvalue weighted by molar-refractivity contribution is -0.206. The molecular weight excluding hydrogens is 300 g/mol. The van der Waals surface area contributed by atoms with E-state index in [4.69, 9.17) is 14.2 Å². The molecule has 0 amide bonds. The summed E-state index contributed by atoms with van der Waals surface area (Å²) in [7, 11) is 0. The van der Waals surface area contributed by atoms with Gasteiger partial charge in [0.15, 0.2) is 6.29 Å². The molecule has 24 heavy (non-hydrogen) atoms. The maximum atomic E-state index is 5.89. The highest BCUT2D eigenvalue weighted by Gasteiger charge is 2.23. The molecule has 3 heteroatoms. The average molecular weight is 335 g/mol. The van der Waals surface area contributed by atoms with E-state index in [2.05, 4.69) is 26.0 Å². The molecule has 0 aromatic heterocycles. The minimum Gasteiger partial charge on any atom is -0.494 e. The first-order chi connectivity index (χ1) is 11.8. The quantitative estimate of drug-likeness (QED) is 0.472. The molecule has 2 rings (SSSR count). The van der Waals surface area contributed by atoms with E-state index in [1.807, 2.05) is 12.1 Å². The summed E-state index contributed by atoms with van der Waals surface area (Å²) in [6.07, 6.45) is 9.80. The summed E-state index contributed by atoms with van der Waals surface area (Å²) in [6.45, 7) is 6.88. The van der Waals surface area contributed by atoms with Crippen LogP contribution in [-0.2, 0) is 9.47 Å². The lowest BCUT2D eigenvalue weighted by Crippen LogP contribution is -2.27. The summed E-state index contributed by atoms with van der Waals surface area (Å²) in [5, 5.41) is 0. The molecule has 0 N–H and O–H groups in total.